The Labute approximate surface area is 139 Å². The summed E-state index contributed by atoms with van der Waals surface area (Å²) in [6.45, 7) is 0.961. The smallest absolute Gasteiger partial charge is 0.165 e. The van der Waals surface area contributed by atoms with E-state index in [1.165, 1.54) is 6.33 Å². The Balaban J connectivity index is 1.87. The molecule has 0 atom stereocenters. The van der Waals surface area contributed by atoms with E-state index < -0.39 is 0 Å². The van der Waals surface area contributed by atoms with Crippen LogP contribution in [0.3, 0.4) is 0 Å². The minimum atomic E-state index is 0.338. The zero-order chi connectivity index (χ0) is 16.8. The second kappa shape index (κ2) is 7.35. The molecule has 0 saturated heterocycles. The van der Waals surface area contributed by atoms with Gasteiger partial charge in [-0.25, -0.2) is 15.0 Å². The van der Waals surface area contributed by atoms with Gasteiger partial charge >= 0.3 is 0 Å². The van der Waals surface area contributed by atoms with Gasteiger partial charge in [0.15, 0.2) is 5.65 Å². The highest BCUT2D eigenvalue weighted by molar-refractivity contribution is 5.89. The molecule has 1 aromatic carbocycles. The molecule has 0 fully saturated rings. The Morgan fingerprint density at radius 3 is 2.88 bits per heavy atom. The number of nitrogens with zero attached hydrogens (tertiary/aromatic N) is 5. The van der Waals surface area contributed by atoms with Crippen molar-refractivity contribution in [3.05, 3.63) is 60.4 Å². The maximum Gasteiger partial charge on any atom is 0.165 e. The van der Waals surface area contributed by atoms with E-state index in [-0.39, 0.29) is 0 Å². The van der Waals surface area contributed by atoms with Crippen molar-refractivity contribution in [1.29, 1.82) is 5.26 Å². The highest BCUT2D eigenvalue weighted by atomic mass is 16.5. The molecule has 0 unspecified atom stereocenters. The summed E-state index contributed by atoms with van der Waals surface area (Å²) in [4.78, 5) is 12.7. The van der Waals surface area contributed by atoms with Gasteiger partial charge in [-0.3, -0.25) is 4.57 Å². The lowest BCUT2D eigenvalue weighted by Gasteiger charge is -2.04. The summed E-state index contributed by atoms with van der Waals surface area (Å²) in [6, 6.07) is 12.1. The summed E-state index contributed by atoms with van der Waals surface area (Å²) in [5, 5.41) is 12.6. The van der Waals surface area contributed by atoms with Crippen molar-refractivity contribution in [1.82, 2.24) is 24.8 Å². The van der Waals surface area contributed by atoms with Crippen LogP contribution in [0.15, 0.2) is 49.2 Å². The first-order valence-electron chi connectivity index (χ1n) is 7.36. The molecular formula is C17H16N6O. The Morgan fingerprint density at radius 1 is 1.29 bits per heavy atom. The summed E-state index contributed by atoms with van der Waals surface area (Å²) >= 11 is 0. The first-order valence-corrected chi connectivity index (χ1v) is 7.36. The molecule has 0 radical (unpaired) electrons. The van der Waals surface area contributed by atoms with Gasteiger partial charge < -0.3 is 10.1 Å². The molecule has 1 N–H and O–H groups in total. The quantitative estimate of drug-likeness (QED) is 0.700. The number of nitrogens with one attached hydrogen (secondary N) is 1. The Bertz CT molecular complexity index is 894. The molecule has 24 heavy (non-hydrogen) atoms. The predicted molar refractivity (Wildman–Crippen MR) is 89.2 cm³/mol. The van der Waals surface area contributed by atoms with Crippen LogP contribution in [0.5, 0.6) is 0 Å². The third kappa shape index (κ3) is 3.24. The maximum atomic E-state index is 9.47. The number of benzene rings is 1. The van der Waals surface area contributed by atoms with Gasteiger partial charge in [-0.1, -0.05) is 30.3 Å². The zero-order valence-corrected chi connectivity index (χ0v) is 13.2. The lowest BCUT2D eigenvalue weighted by atomic mass is 10.2. The molecule has 0 aliphatic rings. The van der Waals surface area contributed by atoms with Crippen molar-refractivity contribution in [2.24, 2.45) is 0 Å². The van der Waals surface area contributed by atoms with E-state index in [0.717, 1.165) is 5.56 Å². The fraction of sp³-hybridized carbons (Fsp3) is 0.176. The fourth-order valence-corrected chi connectivity index (χ4v) is 2.33. The van der Waals surface area contributed by atoms with Crippen LogP contribution in [0.1, 0.15) is 11.3 Å². The second-order valence-electron chi connectivity index (χ2n) is 5.06. The van der Waals surface area contributed by atoms with Crippen molar-refractivity contribution < 1.29 is 4.74 Å². The maximum absolute atomic E-state index is 9.47. The van der Waals surface area contributed by atoms with E-state index in [9.17, 15) is 5.26 Å². The molecular weight excluding hydrogens is 304 g/mol. The van der Waals surface area contributed by atoms with Crippen molar-refractivity contribution in [3.63, 3.8) is 0 Å². The Morgan fingerprint density at radius 2 is 2.12 bits per heavy atom. The number of ether oxygens (including phenoxy) is 1. The van der Waals surface area contributed by atoms with Crippen molar-refractivity contribution >= 4 is 16.7 Å². The highest BCUT2D eigenvalue weighted by Gasteiger charge is 2.13. The van der Waals surface area contributed by atoms with Crippen molar-refractivity contribution in [2.45, 2.75) is 13.3 Å². The SMILES string of the molecule is COCn1cnc2c(/C(C#N)=C\NCc3ccccc3)ncnc21. The first-order chi connectivity index (χ1) is 11.8. The van der Waals surface area contributed by atoms with Gasteiger partial charge in [0.2, 0.25) is 0 Å². The number of methoxy groups -OCH3 is 1. The van der Waals surface area contributed by atoms with E-state index >= 15 is 0 Å². The molecule has 0 aliphatic carbocycles. The molecule has 0 saturated carbocycles. The molecule has 7 heteroatoms. The van der Waals surface area contributed by atoms with E-state index in [2.05, 4.69) is 26.3 Å². The lowest BCUT2D eigenvalue weighted by molar-refractivity contribution is 0.134. The molecule has 2 heterocycles. The fourth-order valence-electron chi connectivity index (χ4n) is 2.33. The largest absolute Gasteiger partial charge is 0.386 e. The van der Waals surface area contributed by atoms with Crippen LogP contribution in [0.4, 0.5) is 0 Å². The second-order valence-corrected chi connectivity index (χ2v) is 5.06. The van der Waals surface area contributed by atoms with Crippen LogP contribution in [0.2, 0.25) is 0 Å². The van der Waals surface area contributed by atoms with E-state index in [4.69, 9.17) is 4.74 Å². The van der Waals surface area contributed by atoms with Gasteiger partial charge in [0.25, 0.3) is 0 Å². The van der Waals surface area contributed by atoms with Crippen LogP contribution < -0.4 is 5.32 Å². The molecule has 3 aromatic rings. The topological polar surface area (TPSA) is 88.7 Å². The minimum absolute atomic E-state index is 0.338. The normalized spacial score (nSPS) is 11.4. The number of imidazole rings is 1. The van der Waals surface area contributed by atoms with Gasteiger partial charge in [-0.2, -0.15) is 5.26 Å². The molecule has 2 aromatic heterocycles. The number of hydrogen-bond donors (Lipinski definition) is 1. The summed E-state index contributed by atoms with van der Waals surface area (Å²) in [5.74, 6) is 0. The lowest BCUT2D eigenvalue weighted by Crippen LogP contribution is -2.06. The molecule has 0 aliphatic heterocycles. The molecule has 0 amide bonds. The van der Waals surface area contributed by atoms with Gasteiger partial charge in [-0.15, -0.1) is 0 Å². The van der Waals surface area contributed by atoms with Crippen LogP contribution in [0, 0.1) is 11.3 Å². The molecule has 120 valence electrons. The van der Waals surface area contributed by atoms with Gasteiger partial charge in [0.05, 0.1) is 11.9 Å². The zero-order valence-electron chi connectivity index (χ0n) is 13.2. The van der Waals surface area contributed by atoms with Gasteiger partial charge in [0, 0.05) is 19.9 Å². The molecule has 0 spiro atoms. The average Bonchev–Trinajstić information content (AvgIpc) is 3.03. The Kier molecular flexibility index (Phi) is 4.79. The standard InChI is InChI=1S/C17H16N6O/c1-24-12-23-11-22-16-15(20-10-21-17(16)23)14(7-18)9-19-8-13-5-3-2-4-6-13/h2-6,9-11,19H,8,12H2,1H3/b14-9-. The summed E-state index contributed by atoms with van der Waals surface area (Å²) < 4.78 is 6.86. The summed E-state index contributed by atoms with van der Waals surface area (Å²) in [5.41, 5.74) is 3.23. The van der Waals surface area contributed by atoms with Crippen LogP contribution in [-0.2, 0) is 18.0 Å². The number of allylic oxidation sites excluding steroid dienone is 1. The molecule has 3 rings (SSSR count). The monoisotopic (exact) mass is 320 g/mol. The van der Waals surface area contributed by atoms with Crippen LogP contribution >= 0.6 is 0 Å². The highest BCUT2D eigenvalue weighted by Crippen LogP contribution is 2.19. The van der Waals surface area contributed by atoms with E-state index in [1.807, 2.05) is 30.3 Å². The third-order valence-electron chi connectivity index (χ3n) is 3.44. The van der Waals surface area contributed by atoms with Crippen LogP contribution in [-0.4, -0.2) is 26.6 Å². The van der Waals surface area contributed by atoms with E-state index in [1.54, 1.807) is 24.2 Å². The predicted octanol–water partition coefficient (Wildman–Crippen LogP) is 2.08. The number of fused-ring (bicyclic) bond motifs is 1. The molecule has 7 nitrogen and oxygen atoms in total. The van der Waals surface area contributed by atoms with Crippen molar-refractivity contribution in [2.75, 3.05) is 7.11 Å². The number of aromatic nitrogens is 4. The van der Waals surface area contributed by atoms with Gasteiger partial charge in [0.1, 0.15) is 30.3 Å². The van der Waals surface area contributed by atoms with Crippen molar-refractivity contribution in [3.8, 4) is 6.07 Å². The summed E-state index contributed by atoms with van der Waals surface area (Å²) in [7, 11) is 1.60. The van der Waals surface area contributed by atoms with Gasteiger partial charge in [-0.05, 0) is 5.56 Å². The number of rotatable bonds is 6. The number of nitriles is 1. The van der Waals surface area contributed by atoms with E-state index in [0.29, 0.717) is 35.7 Å². The minimum Gasteiger partial charge on any atom is -0.386 e. The Hall–Kier alpha value is -3.24. The first kappa shape index (κ1) is 15.6. The third-order valence-corrected chi connectivity index (χ3v) is 3.44. The number of hydrogen-bond acceptors (Lipinski definition) is 6. The van der Waals surface area contributed by atoms with Crippen LogP contribution in [0.25, 0.3) is 16.7 Å². The molecule has 0 bridgehead atoms. The average molecular weight is 320 g/mol. The summed E-state index contributed by atoms with van der Waals surface area (Å²) in [6.07, 6.45) is 4.71.